The van der Waals surface area contributed by atoms with Crippen LogP contribution in [0.3, 0.4) is 0 Å². The van der Waals surface area contributed by atoms with Crippen molar-refractivity contribution >= 4 is 0 Å². The van der Waals surface area contributed by atoms with Crippen molar-refractivity contribution in [2.45, 2.75) is 66.6 Å². The first-order chi connectivity index (χ1) is 6.90. The van der Waals surface area contributed by atoms with E-state index in [-0.39, 0.29) is 0 Å². The van der Waals surface area contributed by atoms with Crippen molar-refractivity contribution in [2.75, 3.05) is 13.1 Å². The van der Waals surface area contributed by atoms with Crippen LogP contribution >= 0.6 is 0 Å². The highest BCUT2D eigenvalue weighted by atomic mass is 15.2. The Kier molecular flexibility index (Phi) is 7.20. The predicted octanol–water partition coefficient (Wildman–Crippen LogP) is 2.74. The van der Waals surface area contributed by atoms with Gasteiger partial charge in [0.25, 0.3) is 0 Å². The molecule has 0 amide bonds. The third-order valence-corrected chi connectivity index (χ3v) is 2.96. The molecule has 0 fully saturated rings. The molecule has 0 aliphatic heterocycles. The topological polar surface area (TPSA) is 15.3 Å². The lowest BCUT2D eigenvalue weighted by molar-refractivity contribution is 0.121. The van der Waals surface area contributed by atoms with Crippen molar-refractivity contribution in [3.05, 3.63) is 0 Å². The van der Waals surface area contributed by atoms with Gasteiger partial charge in [0, 0.05) is 24.7 Å². The fourth-order valence-corrected chi connectivity index (χ4v) is 2.07. The van der Waals surface area contributed by atoms with E-state index in [4.69, 9.17) is 0 Å². The molecule has 1 unspecified atom stereocenters. The number of nitrogens with zero attached hydrogens (tertiary/aromatic N) is 1. The van der Waals surface area contributed by atoms with Gasteiger partial charge in [-0.25, -0.2) is 0 Å². The summed E-state index contributed by atoms with van der Waals surface area (Å²) in [5.41, 5.74) is 0. The Bertz CT molecular complexity index is 153. The summed E-state index contributed by atoms with van der Waals surface area (Å²) in [6, 6.07) is 1.87. The maximum atomic E-state index is 3.55. The molecule has 0 aromatic carbocycles. The van der Waals surface area contributed by atoms with Crippen LogP contribution in [0.2, 0.25) is 0 Å². The van der Waals surface area contributed by atoms with Crippen LogP contribution in [-0.2, 0) is 0 Å². The van der Waals surface area contributed by atoms with E-state index in [0.717, 1.165) is 13.1 Å². The molecule has 0 aliphatic carbocycles. The Hall–Kier alpha value is -0.0800. The Morgan fingerprint density at radius 3 is 1.80 bits per heavy atom. The van der Waals surface area contributed by atoms with Crippen molar-refractivity contribution < 1.29 is 0 Å². The van der Waals surface area contributed by atoms with Gasteiger partial charge in [0.15, 0.2) is 0 Å². The SMILES string of the molecule is CCN(C(C)C)C(CNC(C)C)C(C)C. The summed E-state index contributed by atoms with van der Waals surface area (Å²) in [5.74, 6) is 0.707. The molecule has 2 nitrogen and oxygen atoms in total. The smallest absolute Gasteiger partial charge is 0.0246 e. The van der Waals surface area contributed by atoms with Gasteiger partial charge in [-0.1, -0.05) is 34.6 Å². The highest BCUT2D eigenvalue weighted by molar-refractivity contribution is 4.79. The molecule has 2 heteroatoms. The van der Waals surface area contributed by atoms with E-state index in [1.165, 1.54) is 0 Å². The molecule has 15 heavy (non-hydrogen) atoms. The third-order valence-electron chi connectivity index (χ3n) is 2.96. The quantitative estimate of drug-likeness (QED) is 0.701. The minimum atomic E-state index is 0.581. The predicted molar refractivity (Wildman–Crippen MR) is 69.3 cm³/mol. The van der Waals surface area contributed by atoms with E-state index in [0.29, 0.717) is 24.0 Å². The molecular weight excluding hydrogens is 184 g/mol. The fraction of sp³-hybridized carbons (Fsp3) is 1.00. The minimum Gasteiger partial charge on any atom is -0.313 e. The van der Waals surface area contributed by atoms with Crippen molar-refractivity contribution in [2.24, 2.45) is 5.92 Å². The van der Waals surface area contributed by atoms with E-state index in [9.17, 15) is 0 Å². The van der Waals surface area contributed by atoms with Crippen LogP contribution in [0, 0.1) is 5.92 Å². The summed E-state index contributed by atoms with van der Waals surface area (Å²) in [6.07, 6.45) is 0. The molecule has 0 spiro atoms. The van der Waals surface area contributed by atoms with E-state index in [1.54, 1.807) is 0 Å². The van der Waals surface area contributed by atoms with Crippen molar-refractivity contribution in [3.8, 4) is 0 Å². The molecule has 1 atom stereocenters. The van der Waals surface area contributed by atoms with Gasteiger partial charge >= 0.3 is 0 Å². The highest BCUT2D eigenvalue weighted by Crippen LogP contribution is 2.13. The maximum Gasteiger partial charge on any atom is 0.0246 e. The fourth-order valence-electron chi connectivity index (χ4n) is 2.07. The van der Waals surface area contributed by atoms with Crippen LogP contribution in [-0.4, -0.2) is 36.1 Å². The van der Waals surface area contributed by atoms with Crippen LogP contribution < -0.4 is 5.32 Å². The highest BCUT2D eigenvalue weighted by Gasteiger charge is 2.22. The summed E-state index contributed by atoms with van der Waals surface area (Å²) < 4.78 is 0. The molecule has 0 aliphatic rings. The second kappa shape index (κ2) is 7.24. The van der Waals surface area contributed by atoms with Crippen LogP contribution in [0.5, 0.6) is 0 Å². The van der Waals surface area contributed by atoms with Crippen molar-refractivity contribution in [1.29, 1.82) is 0 Å². The first-order valence-electron chi connectivity index (χ1n) is 6.39. The van der Waals surface area contributed by atoms with Gasteiger partial charge in [0.1, 0.15) is 0 Å². The molecular formula is C13H30N2. The van der Waals surface area contributed by atoms with Crippen LogP contribution in [0.1, 0.15) is 48.5 Å². The summed E-state index contributed by atoms with van der Waals surface area (Å²) in [4.78, 5) is 2.58. The number of likely N-dealkylation sites (N-methyl/N-ethyl adjacent to an activating group) is 1. The molecule has 1 N–H and O–H groups in total. The zero-order valence-corrected chi connectivity index (χ0v) is 11.7. The molecule has 0 aromatic rings. The van der Waals surface area contributed by atoms with Crippen LogP contribution in [0.4, 0.5) is 0 Å². The lowest BCUT2D eigenvalue weighted by Gasteiger charge is -2.37. The van der Waals surface area contributed by atoms with Gasteiger partial charge in [-0.05, 0) is 26.3 Å². The van der Waals surface area contributed by atoms with Crippen molar-refractivity contribution in [1.82, 2.24) is 10.2 Å². The molecule has 0 rings (SSSR count). The molecule has 92 valence electrons. The van der Waals surface area contributed by atoms with Gasteiger partial charge in [0.05, 0.1) is 0 Å². The van der Waals surface area contributed by atoms with Gasteiger partial charge < -0.3 is 5.32 Å². The summed E-state index contributed by atoms with van der Waals surface area (Å²) >= 11 is 0. The lowest BCUT2D eigenvalue weighted by Crippen LogP contribution is -2.49. The zero-order valence-electron chi connectivity index (χ0n) is 11.7. The molecule has 0 heterocycles. The largest absolute Gasteiger partial charge is 0.313 e. The van der Waals surface area contributed by atoms with Gasteiger partial charge in [-0.2, -0.15) is 0 Å². The second-order valence-corrected chi connectivity index (χ2v) is 5.30. The van der Waals surface area contributed by atoms with Gasteiger partial charge in [0.2, 0.25) is 0 Å². The zero-order chi connectivity index (χ0) is 12.0. The van der Waals surface area contributed by atoms with E-state index in [2.05, 4.69) is 58.7 Å². The number of nitrogens with one attached hydrogen (secondary N) is 1. The standard InChI is InChI=1S/C13H30N2/c1-8-15(12(6)7)13(10(2)3)9-14-11(4)5/h10-14H,8-9H2,1-7H3. The first kappa shape index (κ1) is 14.9. The number of hydrogen-bond donors (Lipinski definition) is 1. The van der Waals surface area contributed by atoms with Crippen molar-refractivity contribution in [3.63, 3.8) is 0 Å². The van der Waals surface area contributed by atoms with E-state index < -0.39 is 0 Å². The Morgan fingerprint density at radius 2 is 1.53 bits per heavy atom. The maximum absolute atomic E-state index is 3.55. The van der Waals surface area contributed by atoms with E-state index >= 15 is 0 Å². The van der Waals surface area contributed by atoms with Crippen LogP contribution in [0.25, 0.3) is 0 Å². The monoisotopic (exact) mass is 214 g/mol. The van der Waals surface area contributed by atoms with Gasteiger partial charge in [-0.15, -0.1) is 0 Å². The molecule has 0 bridgehead atoms. The molecule has 0 aromatic heterocycles. The Morgan fingerprint density at radius 1 is 1.00 bits per heavy atom. The molecule has 0 saturated carbocycles. The summed E-state index contributed by atoms with van der Waals surface area (Å²) in [7, 11) is 0. The minimum absolute atomic E-state index is 0.581. The third kappa shape index (κ3) is 5.53. The average molecular weight is 214 g/mol. The number of hydrogen-bond acceptors (Lipinski definition) is 2. The van der Waals surface area contributed by atoms with Gasteiger partial charge in [-0.3, -0.25) is 4.90 Å². The summed E-state index contributed by atoms with van der Waals surface area (Å²) in [5, 5.41) is 3.55. The lowest BCUT2D eigenvalue weighted by atomic mass is 10.0. The van der Waals surface area contributed by atoms with Crippen LogP contribution in [0.15, 0.2) is 0 Å². The number of rotatable bonds is 7. The average Bonchev–Trinajstić information content (AvgIpc) is 2.10. The first-order valence-corrected chi connectivity index (χ1v) is 6.39. The second-order valence-electron chi connectivity index (χ2n) is 5.30. The van der Waals surface area contributed by atoms with E-state index in [1.807, 2.05) is 0 Å². The Balaban J connectivity index is 4.35. The Labute approximate surface area is 96.4 Å². The summed E-state index contributed by atoms with van der Waals surface area (Å²) in [6.45, 7) is 18.1. The normalized spacial score (nSPS) is 14.6. The molecule has 0 radical (unpaired) electrons. The molecule has 0 saturated heterocycles.